The predicted octanol–water partition coefficient (Wildman–Crippen LogP) is 8.05. The Hall–Kier alpha value is -3.80. The largest absolute Gasteiger partial charge is 0.508 e. The van der Waals surface area contributed by atoms with Crippen molar-refractivity contribution in [1.82, 2.24) is 4.90 Å². The van der Waals surface area contributed by atoms with Crippen LogP contribution in [0.25, 0.3) is 20.5 Å². The number of phenolic OH excluding ortho intramolecular Hbond substituents is 1. The first-order valence-corrected chi connectivity index (χ1v) is 14.4. The van der Waals surface area contributed by atoms with Crippen LogP contribution in [-0.4, -0.2) is 30.2 Å². The molecule has 0 radical (unpaired) electrons. The molecule has 0 aliphatic carbocycles. The second-order valence-electron chi connectivity index (χ2n) is 10.2. The fraction of sp³-hybridized carbons (Fsp3) is 0.235. The van der Waals surface area contributed by atoms with Crippen LogP contribution in [0.3, 0.4) is 0 Å². The van der Waals surface area contributed by atoms with Crippen LogP contribution >= 0.6 is 11.3 Å². The average molecular weight is 536 g/mol. The number of benzene rings is 4. The standard InChI is InChI=1S/C34H33NO3S/c1-37-32-20-25(9-10-27(32)22-35-17-5-6-18-35)19-31-30-16-15-29(38-23-24-7-3-2-4-8-24)21-33(30)39-34(31)26-11-13-28(36)14-12-26/h2-4,7-16,20-21,36H,5-6,17-19,22-23H2,1H3. The third-order valence-corrected chi connectivity index (χ3v) is 8.71. The van der Waals surface area contributed by atoms with Gasteiger partial charge in [-0.15, -0.1) is 11.3 Å². The minimum absolute atomic E-state index is 0.274. The number of hydrogen-bond acceptors (Lipinski definition) is 5. The first-order valence-electron chi connectivity index (χ1n) is 13.6. The van der Waals surface area contributed by atoms with Gasteiger partial charge in [-0.1, -0.05) is 42.5 Å². The first kappa shape index (κ1) is 25.5. The summed E-state index contributed by atoms with van der Waals surface area (Å²) < 4.78 is 13.2. The minimum atomic E-state index is 0.274. The SMILES string of the molecule is COc1cc(Cc2c(-c3ccc(O)cc3)sc3cc(OCc4ccccc4)ccc23)ccc1CN1CCCC1. The van der Waals surface area contributed by atoms with Crippen molar-refractivity contribution in [2.24, 2.45) is 0 Å². The maximum atomic E-state index is 9.89. The van der Waals surface area contributed by atoms with Gasteiger partial charge in [-0.25, -0.2) is 0 Å². The van der Waals surface area contributed by atoms with Crippen molar-refractivity contribution in [2.45, 2.75) is 32.4 Å². The van der Waals surface area contributed by atoms with Gasteiger partial charge in [-0.05, 0) is 109 Å². The Kier molecular flexibility index (Phi) is 7.53. The summed E-state index contributed by atoms with van der Waals surface area (Å²) in [6, 6.07) is 30.8. The number of fused-ring (bicyclic) bond motifs is 1. The highest BCUT2D eigenvalue weighted by Crippen LogP contribution is 2.42. The number of nitrogens with zero attached hydrogens (tertiary/aromatic N) is 1. The highest BCUT2D eigenvalue weighted by molar-refractivity contribution is 7.22. The van der Waals surface area contributed by atoms with Gasteiger partial charge in [-0.3, -0.25) is 4.90 Å². The molecule has 1 fully saturated rings. The van der Waals surface area contributed by atoms with E-state index < -0.39 is 0 Å². The van der Waals surface area contributed by atoms with Crippen LogP contribution in [0.1, 0.15) is 35.1 Å². The van der Waals surface area contributed by atoms with Crippen molar-refractivity contribution in [2.75, 3.05) is 20.2 Å². The molecule has 0 saturated carbocycles. The lowest BCUT2D eigenvalue weighted by atomic mass is 9.97. The average Bonchev–Trinajstić information content (AvgIpc) is 3.61. The molecule has 1 aliphatic rings. The number of hydrogen-bond donors (Lipinski definition) is 1. The summed E-state index contributed by atoms with van der Waals surface area (Å²) in [7, 11) is 1.77. The van der Waals surface area contributed by atoms with Crippen LogP contribution < -0.4 is 9.47 Å². The Morgan fingerprint density at radius 3 is 2.41 bits per heavy atom. The van der Waals surface area contributed by atoms with Crippen LogP contribution in [0.5, 0.6) is 17.2 Å². The van der Waals surface area contributed by atoms with Crippen LogP contribution in [0.4, 0.5) is 0 Å². The van der Waals surface area contributed by atoms with Crippen molar-refractivity contribution < 1.29 is 14.6 Å². The van der Waals surface area contributed by atoms with Crippen molar-refractivity contribution in [1.29, 1.82) is 0 Å². The molecule has 0 bridgehead atoms. The van der Waals surface area contributed by atoms with Crippen LogP contribution in [0.15, 0.2) is 91.0 Å². The molecule has 1 aliphatic heterocycles. The molecule has 0 unspecified atom stereocenters. The van der Waals surface area contributed by atoms with Gasteiger partial charge in [0.1, 0.15) is 23.9 Å². The number of phenols is 1. The molecule has 4 aromatic carbocycles. The van der Waals surface area contributed by atoms with Crippen LogP contribution in [-0.2, 0) is 19.6 Å². The number of ether oxygens (including phenoxy) is 2. The van der Waals surface area contributed by atoms with Gasteiger partial charge in [-0.2, -0.15) is 0 Å². The summed E-state index contributed by atoms with van der Waals surface area (Å²) in [5.41, 5.74) is 6.01. The summed E-state index contributed by atoms with van der Waals surface area (Å²) in [6.45, 7) is 3.81. The Labute approximate surface area is 234 Å². The highest BCUT2D eigenvalue weighted by Gasteiger charge is 2.18. The maximum Gasteiger partial charge on any atom is 0.123 e. The highest BCUT2D eigenvalue weighted by atomic mass is 32.1. The van der Waals surface area contributed by atoms with E-state index in [9.17, 15) is 5.11 Å². The lowest BCUT2D eigenvalue weighted by Gasteiger charge is -2.18. The third-order valence-electron chi connectivity index (χ3n) is 7.47. The van der Waals surface area contributed by atoms with Gasteiger partial charge < -0.3 is 14.6 Å². The van der Waals surface area contributed by atoms with Gasteiger partial charge in [0.25, 0.3) is 0 Å². The Morgan fingerprint density at radius 2 is 1.64 bits per heavy atom. The van der Waals surface area contributed by atoms with Crippen molar-refractivity contribution in [3.8, 4) is 27.7 Å². The van der Waals surface area contributed by atoms with E-state index in [1.165, 1.54) is 57.6 Å². The zero-order valence-electron chi connectivity index (χ0n) is 22.2. The summed E-state index contributed by atoms with van der Waals surface area (Å²) in [6.07, 6.45) is 3.36. The number of rotatable bonds is 9. The lowest BCUT2D eigenvalue weighted by molar-refractivity contribution is 0.306. The summed E-state index contributed by atoms with van der Waals surface area (Å²) in [5.74, 6) is 2.10. The van der Waals surface area contributed by atoms with Crippen molar-refractivity contribution in [3.05, 3.63) is 113 Å². The van der Waals surface area contributed by atoms with E-state index in [-0.39, 0.29) is 5.75 Å². The molecule has 6 rings (SSSR count). The second kappa shape index (κ2) is 11.5. The monoisotopic (exact) mass is 535 g/mol. The molecule has 0 atom stereocenters. The molecule has 1 aromatic heterocycles. The second-order valence-corrected chi connectivity index (χ2v) is 11.2. The number of aromatic hydroxyl groups is 1. The fourth-order valence-corrected chi connectivity index (χ4v) is 6.65. The maximum absolute atomic E-state index is 9.89. The smallest absolute Gasteiger partial charge is 0.123 e. The van der Waals surface area contributed by atoms with Gasteiger partial charge in [0.2, 0.25) is 0 Å². The molecule has 0 spiro atoms. The zero-order chi connectivity index (χ0) is 26.6. The van der Waals surface area contributed by atoms with Gasteiger partial charge >= 0.3 is 0 Å². The molecule has 1 saturated heterocycles. The van der Waals surface area contributed by atoms with E-state index in [4.69, 9.17) is 9.47 Å². The van der Waals surface area contributed by atoms with Gasteiger partial charge in [0.05, 0.1) is 7.11 Å². The van der Waals surface area contributed by atoms with Gasteiger partial charge in [0, 0.05) is 21.7 Å². The molecule has 1 N–H and O–H groups in total. The molecule has 5 heteroatoms. The lowest BCUT2D eigenvalue weighted by Crippen LogP contribution is -2.18. The number of thiophene rings is 1. The summed E-state index contributed by atoms with van der Waals surface area (Å²) in [4.78, 5) is 3.72. The Balaban J connectivity index is 1.33. The molecule has 4 nitrogen and oxygen atoms in total. The van der Waals surface area contributed by atoms with E-state index >= 15 is 0 Å². The van der Waals surface area contributed by atoms with E-state index in [0.717, 1.165) is 35.6 Å². The Bertz CT molecular complexity index is 1550. The molecular weight excluding hydrogens is 502 g/mol. The molecule has 198 valence electrons. The molecule has 39 heavy (non-hydrogen) atoms. The predicted molar refractivity (Wildman–Crippen MR) is 160 cm³/mol. The van der Waals surface area contributed by atoms with Gasteiger partial charge in [0.15, 0.2) is 0 Å². The van der Waals surface area contributed by atoms with Crippen molar-refractivity contribution >= 4 is 21.4 Å². The summed E-state index contributed by atoms with van der Waals surface area (Å²) in [5, 5.41) is 11.1. The van der Waals surface area contributed by atoms with Crippen molar-refractivity contribution in [3.63, 3.8) is 0 Å². The minimum Gasteiger partial charge on any atom is -0.508 e. The van der Waals surface area contributed by atoms with Crippen LogP contribution in [0.2, 0.25) is 0 Å². The third kappa shape index (κ3) is 5.80. The normalized spacial score (nSPS) is 13.7. The fourth-order valence-electron chi connectivity index (χ4n) is 5.40. The zero-order valence-corrected chi connectivity index (χ0v) is 23.0. The molecular formula is C34H33NO3S. The van der Waals surface area contributed by atoms with E-state index in [0.29, 0.717) is 6.61 Å². The quantitative estimate of drug-likeness (QED) is 0.207. The summed E-state index contributed by atoms with van der Waals surface area (Å²) >= 11 is 1.77. The molecule has 0 amide bonds. The molecule has 5 aromatic rings. The van der Waals surface area contributed by atoms with E-state index in [2.05, 4.69) is 53.4 Å². The Morgan fingerprint density at radius 1 is 0.846 bits per heavy atom. The number of likely N-dealkylation sites (tertiary alicyclic amines) is 1. The number of methoxy groups -OCH3 is 1. The molecule has 2 heterocycles. The van der Waals surface area contributed by atoms with E-state index in [1.54, 1.807) is 30.6 Å². The van der Waals surface area contributed by atoms with E-state index in [1.807, 2.05) is 30.3 Å². The topological polar surface area (TPSA) is 41.9 Å². The van der Waals surface area contributed by atoms with Crippen LogP contribution in [0, 0.1) is 0 Å². The first-order chi connectivity index (χ1) is 19.2.